The van der Waals surface area contributed by atoms with E-state index in [1.165, 1.54) is 36.3 Å². The number of hydrogen-bond acceptors (Lipinski definition) is 5. The fraction of sp³-hybridized carbons (Fsp3) is 0.385. The van der Waals surface area contributed by atoms with Gasteiger partial charge < -0.3 is 9.47 Å². The Hall–Kier alpha value is -2.32. The van der Waals surface area contributed by atoms with Gasteiger partial charge >= 0.3 is 0 Å². The molecule has 0 atom stereocenters. The largest absolute Gasteiger partial charge is 0.490 e. The Bertz CT molecular complexity index is 1080. The minimum atomic E-state index is -0.299. The molecule has 0 spiro atoms. The molecule has 0 unspecified atom stereocenters. The maximum atomic E-state index is 13.2. The van der Waals surface area contributed by atoms with E-state index in [0.29, 0.717) is 39.9 Å². The van der Waals surface area contributed by atoms with E-state index >= 15 is 0 Å². The van der Waals surface area contributed by atoms with Crippen LogP contribution < -0.4 is 9.47 Å². The Balaban J connectivity index is 1.51. The van der Waals surface area contributed by atoms with Crippen LogP contribution in [0.15, 0.2) is 45.8 Å². The van der Waals surface area contributed by atoms with Crippen molar-refractivity contribution in [2.45, 2.75) is 45.6 Å². The van der Waals surface area contributed by atoms with Gasteiger partial charge in [0.15, 0.2) is 11.5 Å². The molecule has 1 saturated heterocycles. The summed E-state index contributed by atoms with van der Waals surface area (Å²) in [6.07, 6.45) is 7.44. The van der Waals surface area contributed by atoms with Crippen molar-refractivity contribution in [2.24, 2.45) is 5.92 Å². The molecule has 5 nitrogen and oxygen atoms in total. The summed E-state index contributed by atoms with van der Waals surface area (Å²) in [4.78, 5) is 27.3. The monoisotopic (exact) mass is 547 g/mol. The van der Waals surface area contributed by atoms with Gasteiger partial charge in [-0.3, -0.25) is 14.5 Å². The van der Waals surface area contributed by atoms with E-state index in [1.54, 1.807) is 24.3 Å². The van der Waals surface area contributed by atoms with Crippen LogP contribution in [0.3, 0.4) is 0 Å². The molecule has 180 valence electrons. The highest BCUT2D eigenvalue weighted by atomic mass is 79.9. The van der Waals surface area contributed by atoms with Crippen LogP contribution in [0.25, 0.3) is 6.08 Å². The Morgan fingerprint density at radius 2 is 1.85 bits per heavy atom. The number of halogens is 2. The van der Waals surface area contributed by atoms with Gasteiger partial charge in [0.25, 0.3) is 11.1 Å². The van der Waals surface area contributed by atoms with Crippen LogP contribution >= 0.6 is 27.7 Å². The molecule has 0 N–H and O–H groups in total. The average molecular weight is 548 g/mol. The molecule has 0 radical (unpaired) electrons. The molecule has 8 heteroatoms. The number of rotatable bonds is 8. The molecule has 0 bridgehead atoms. The van der Waals surface area contributed by atoms with Gasteiger partial charge in [0.2, 0.25) is 0 Å². The quantitative estimate of drug-likeness (QED) is 0.327. The van der Waals surface area contributed by atoms with Crippen molar-refractivity contribution in [3.63, 3.8) is 0 Å². The van der Waals surface area contributed by atoms with E-state index in [2.05, 4.69) is 15.9 Å². The van der Waals surface area contributed by atoms with Gasteiger partial charge in [-0.2, -0.15) is 0 Å². The molecular formula is C26H27BrFNO4S. The summed E-state index contributed by atoms with van der Waals surface area (Å²) in [5.41, 5.74) is 1.55. The third-order valence-corrected chi connectivity index (χ3v) is 7.46. The molecule has 2 amide bonds. The van der Waals surface area contributed by atoms with Gasteiger partial charge in [-0.05, 0) is 94.8 Å². The smallest absolute Gasteiger partial charge is 0.293 e. The fourth-order valence-corrected chi connectivity index (χ4v) is 5.67. The number of benzene rings is 2. The molecule has 0 aromatic heterocycles. The predicted octanol–water partition coefficient (Wildman–Crippen LogP) is 7.18. The van der Waals surface area contributed by atoms with E-state index in [1.807, 2.05) is 13.0 Å². The van der Waals surface area contributed by atoms with Crippen LogP contribution in [-0.4, -0.2) is 29.2 Å². The van der Waals surface area contributed by atoms with Crippen LogP contribution in [0.4, 0.5) is 9.18 Å². The van der Waals surface area contributed by atoms with Gasteiger partial charge in [0, 0.05) is 6.54 Å². The molecule has 1 aliphatic carbocycles. The minimum Gasteiger partial charge on any atom is -0.490 e. The van der Waals surface area contributed by atoms with E-state index in [9.17, 15) is 14.0 Å². The number of carbonyl (C=O) groups excluding carboxylic acids is 2. The zero-order chi connectivity index (χ0) is 24.1. The number of nitrogens with zero attached hydrogens (tertiary/aromatic N) is 1. The number of imide groups is 1. The Kier molecular flexibility index (Phi) is 8.32. The lowest BCUT2D eigenvalue weighted by Gasteiger charge is -2.25. The van der Waals surface area contributed by atoms with Crippen molar-refractivity contribution in [1.29, 1.82) is 0 Å². The van der Waals surface area contributed by atoms with Crippen molar-refractivity contribution < 1.29 is 23.5 Å². The maximum Gasteiger partial charge on any atom is 0.293 e. The molecule has 1 aliphatic heterocycles. The number of carbonyl (C=O) groups is 2. The lowest BCUT2D eigenvalue weighted by Crippen LogP contribution is -2.34. The lowest BCUT2D eigenvalue weighted by atomic mass is 9.89. The van der Waals surface area contributed by atoms with Gasteiger partial charge in [0.05, 0.1) is 16.0 Å². The third kappa shape index (κ3) is 6.02. The Morgan fingerprint density at radius 3 is 2.56 bits per heavy atom. The predicted molar refractivity (Wildman–Crippen MR) is 135 cm³/mol. The summed E-state index contributed by atoms with van der Waals surface area (Å²) in [5.74, 6) is 0.914. The highest BCUT2D eigenvalue weighted by molar-refractivity contribution is 9.10. The molecule has 2 aliphatic rings. The Morgan fingerprint density at radius 1 is 1.12 bits per heavy atom. The molecule has 2 aromatic carbocycles. The molecule has 2 fully saturated rings. The van der Waals surface area contributed by atoms with E-state index < -0.39 is 0 Å². The second kappa shape index (κ2) is 11.4. The van der Waals surface area contributed by atoms with Crippen molar-refractivity contribution in [3.05, 3.63) is 62.7 Å². The number of thioether (sulfide) groups is 1. The normalized spacial score (nSPS) is 18.1. The van der Waals surface area contributed by atoms with Crippen LogP contribution in [-0.2, 0) is 11.4 Å². The molecule has 1 heterocycles. The molecule has 34 heavy (non-hydrogen) atoms. The van der Waals surface area contributed by atoms with Crippen LogP contribution in [0.1, 0.15) is 50.2 Å². The van der Waals surface area contributed by atoms with Crippen LogP contribution in [0.5, 0.6) is 11.5 Å². The SMILES string of the molecule is CCOc1cc(/C=C2/SC(=O)N(CC3CCCCC3)C2=O)cc(Br)c1OCc1ccc(F)cc1. The highest BCUT2D eigenvalue weighted by Crippen LogP contribution is 2.40. The van der Waals surface area contributed by atoms with Gasteiger partial charge in [-0.1, -0.05) is 31.4 Å². The highest BCUT2D eigenvalue weighted by Gasteiger charge is 2.36. The standard InChI is InChI=1S/C26H27BrFNO4S/c1-2-32-22-13-19(12-21(27)24(22)33-16-18-8-10-20(28)11-9-18)14-23-25(30)29(26(31)34-23)15-17-6-4-3-5-7-17/h8-14,17H,2-7,15-16H2,1H3/b23-14+. The van der Waals surface area contributed by atoms with Crippen molar-refractivity contribution in [2.75, 3.05) is 13.2 Å². The summed E-state index contributed by atoms with van der Waals surface area (Å²) >= 11 is 4.53. The van der Waals surface area contributed by atoms with Crippen LogP contribution in [0.2, 0.25) is 0 Å². The lowest BCUT2D eigenvalue weighted by molar-refractivity contribution is -0.123. The molecule has 4 rings (SSSR count). The first-order chi connectivity index (χ1) is 16.4. The second-order valence-corrected chi connectivity index (χ2v) is 10.3. The first-order valence-corrected chi connectivity index (χ1v) is 13.1. The molecular weight excluding hydrogens is 521 g/mol. The van der Waals surface area contributed by atoms with Gasteiger partial charge in [0.1, 0.15) is 12.4 Å². The average Bonchev–Trinajstić information content (AvgIpc) is 3.08. The molecule has 2 aromatic rings. The Labute approximate surface area is 211 Å². The topological polar surface area (TPSA) is 55.8 Å². The summed E-state index contributed by atoms with van der Waals surface area (Å²) in [6.45, 7) is 3.06. The second-order valence-electron chi connectivity index (χ2n) is 8.47. The van der Waals surface area contributed by atoms with Gasteiger partial charge in [-0.15, -0.1) is 0 Å². The van der Waals surface area contributed by atoms with Crippen molar-refractivity contribution in [3.8, 4) is 11.5 Å². The first-order valence-electron chi connectivity index (χ1n) is 11.5. The number of amides is 2. The summed E-state index contributed by atoms with van der Waals surface area (Å²) in [6, 6.07) is 9.74. The maximum absolute atomic E-state index is 13.2. The minimum absolute atomic E-state index is 0.204. The van der Waals surface area contributed by atoms with E-state index in [-0.39, 0.29) is 23.6 Å². The summed E-state index contributed by atoms with van der Waals surface area (Å²) in [7, 11) is 0. The number of ether oxygens (including phenoxy) is 2. The number of hydrogen-bond donors (Lipinski definition) is 0. The van der Waals surface area contributed by atoms with Gasteiger partial charge in [-0.25, -0.2) is 4.39 Å². The van der Waals surface area contributed by atoms with E-state index in [4.69, 9.17) is 9.47 Å². The third-order valence-electron chi connectivity index (χ3n) is 5.96. The summed E-state index contributed by atoms with van der Waals surface area (Å²) < 4.78 is 25.6. The summed E-state index contributed by atoms with van der Waals surface area (Å²) in [5, 5.41) is -0.204. The van der Waals surface area contributed by atoms with Crippen molar-refractivity contribution in [1.82, 2.24) is 4.90 Å². The molecule has 1 saturated carbocycles. The fourth-order valence-electron chi connectivity index (χ4n) is 4.25. The van der Waals surface area contributed by atoms with E-state index in [0.717, 1.165) is 35.7 Å². The zero-order valence-corrected chi connectivity index (χ0v) is 21.4. The zero-order valence-electron chi connectivity index (χ0n) is 19.0. The first kappa shape index (κ1) is 24.8. The van der Waals surface area contributed by atoms with Crippen LogP contribution in [0, 0.1) is 11.7 Å². The van der Waals surface area contributed by atoms with Crippen molar-refractivity contribution >= 4 is 44.9 Å².